The summed E-state index contributed by atoms with van der Waals surface area (Å²) in [6, 6.07) is 0. The van der Waals surface area contributed by atoms with Gasteiger partial charge in [-0.2, -0.15) is 0 Å². The van der Waals surface area contributed by atoms with E-state index in [2.05, 4.69) is 20.8 Å². The van der Waals surface area contributed by atoms with Crippen molar-refractivity contribution in [3.05, 3.63) is 0 Å². The normalized spacial score (nSPS) is 50.4. The smallest absolute Gasteiger partial charge is 0.303 e. The molecule has 10 atom stereocenters. The number of carbonyl (C=O) groups excluding carboxylic acids is 1. The van der Waals surface area contributed by atoms with Crippen LogP contribution in [0.2, 0.25) is 0 Å². The van der Waals surface area contributed by atoms with Gasteiger partial charge in [0.15, 0.2) is 0 Å². The van der Waals surface area contributed by atoms with Crippen molar-refractivity contribution >= 4 is 11.8 Å². The van der Waals surface area contributed by atoms with Crippen LogP contribution in [-0.4, -0.2) is 39.3 Å². The Hall–Kier alpha value is -0.940. The van der Waals surface area contributed by atoms with Crippen molar-refractivity contribution in [3.63, 3.8) is 0 Å². The number of aliphatic hydroxyl groups is 2. The van der Waals surface area contributed by atoms with Gasteiger partial charge >= 0.3 is 5.97 Å². The Morgan fingerprint density at radius 1 is 1.14 bits per heavy atom. The molecule has 0 radical (unpaired) electrons. The monoisotopic (exact) mass is 406 g/mol. The summed E-state index contributed by atoms with van der Waals surface area (Å²) >= 11 is 0. The first-order valence-electron chi connectivity index (χ1n) is 11.7. The van der Waals surface area contributed by atoms with Crippen LogP contribution < -0.4 is 0 Å². The summed E-state index contributed by atoms with van der Waals surface area (Å²) in [4.78, 5) is 24.7. The predicted molar refractivity (Wildman–Crippen MR) is 109 cm³/mol. The third kappa shape index (κ3) is 3.18. The molecule has 29 heavy (non-hydrogen) atoms. The Kier molecular flexibility index (Phi) is 5.39. The lowest BCUT2D eigenvalue weighted by Crippen LogP contribution is -2.61. The molecule has 0 bridgehead atoms. The van der Waals surface area contributed by atoms with E-state index in [4.69, 9.17) is 5.11 Å². The average Bonchev–Trinajstić information content (AvgIpc) is 3.01. The molecule has 4 saturated carbocycles. The molecule has 164 valence electrons. The highest BCUT2D eigenvalue weighted by Crippen LogP contribution is 2.67. The quantitative estimate of drug-likeness (QED) is 0.662. The second kappa shape index (κ2) is 7.33. The van der Waals surface area contributed by atoms with Gasteiger partial charge in [0.1, 0.15) is 5.78 Å². The Labute approximate surface area is 174 Å². The Morgan fingerprint density at radius 2 is 1.86 bits per heavy atom. The molecule has 4 aliphatic rings. The van der Waals surface area contributed by atoms with Gasteiger partial charge in [0.2, 0.25) is 0 Å². The van der Waals surface area contributed by atoms with E-state index in [9.17, 15) is 19.8 Å². The van der Waals surface area contributed by atoms with Gasteiger partial charge < -0.3 is 15.3 Å². The molecule has 4 rings (SSSR count). The fourth-order valence-electron chi connectivity index (χ4n) is 8.41. The molecule has 0 aromatic rings. The van der Waals surface area contributed by atoms with Crippen molar-refractivity contribution in [3.8, 4) is 0 Å². The first-order valence-corrected chi connectivity index (χ1v) is 11.7. The summed E-state index contributed by atoms with van der Waals surface area (Å²) in [7, 11) is 0. The Morgan fingerprint density at radius 3 is 2.55 bits per heavy atom. The molecule has 0 aliphatic heterocycles. The van der Waals surface area contributed by atoms with Gasteiger partial charge in [0.05, 0.1) is 12.2 Å². The number of fused-ring (bicyclic) bond motifs is 5. The lowest BCUT2D eigenvalue weighted by Gasteiger charge is -2.61. The summed E-state index contributed by atoms with van der Waals surface area (Å²) in [6.07, 6.45) is 5.82. The maximum absolute atomic E-state index is 13.6. The number of hydrogen-bond acceptors (Lipinski definition) is 4. The number of carbonyl (C=O) groups is 2. The summed E-state index contributed by atoms with van der Waals surface area (Å²) in [6.45, 7) is 6.54. The molecule has 0 aromatic carbocycles. The van der Waals surface area contributed by atoms with Crippen molar-refractivity contribution in [2.45, 2.75) is 90.8 Å². The molecule has 4 fully saturated rings. The van der Waals surface area contributed by atoms with E-state index in [0.717, 1.165) is 38.5 Å². The lowest BCUT2D eigenvalue weighted by molar-refractivity contribution is -0.181. The maximum Gasteiger partial charge on any atom is 0.303 e. The van der Waals surface area contributed by atoms with Crippen LogP contribution in [-0.2, 0) is 9.59 Å². The Balaban J connectivity index is 1.62. The number of rotatable bonds is 4. The van der Waals surface area contributed by atoms with Crippen LogP contribution in [0.5, 0.6) is 0 Å². The standard InChI is InChI=1S/C24H38O5/c1-13(4-7-21(28)29)16-5-6-17-22-18(12-20(27)24(16,17)3)23(2)9-8-15(25)10-14(23)11-19(22)26/h13-19,22,25-26H,4-12H2,1-3H3,(H,28,29)/t13-,14?,15?,16-,17?,18?,19?,22?,23+,24-/m1/s1. The lowest BCUT2D eigenvalue weighted by atomic mass is 9.43. The highest BCUT2D eigenvalue weighted by Gasteiger charge is 2.65. The van der Waals surface area contributed by atoms with E-state index in [1.165, 1.54) is 0 Å². The summed E-state index contributed by atoms with van der Waals surface area (Å²) in [5.41, 5.74) is -0.398. The summed E-state index contributed by atoms with van der Waals surface area (Å²) in [5.74, 6) is 0.855. The summed E-state index contributed by atoms with van der Waals surface area (Å²) < 4.78 is 0. The number of Topliss-reactive ketones (excluding diaryl/α,β-unsaturated/α-hetero) is 1. The third-order valence-electron chi connectivity index (χ3n) is 10.1. The molecule has 0 saturated heterocycles. The first-order chi connectivity index (χ1) is 13.6. The molecular formula is C24H38O5. The molecule has 0 aromatic heterocycles. The van der Waals surface area contributed by atoms with E-state index in [1.807, 2.05) is 0 Å². The van der Waals surface area contributed by atoms with Gasteiger partial charge in [0, 0.05) is 18.3 Å². The fraction of sp³-hybridized carbons (Fsp3) is 0.917. The number of carboxylic acids is 1. The zero-order valence-corrected chi connectivity index (χ0v) is 18.1. The van der Waals surface area contributed by atoms with Gasteiger partial charge in [-0.25, -0.2) is 0 Å². The van der Waals surface area contributed by atoms with E-state index in [-0.39, 0.29) is 47.5 Å². The van der Waals surface area contributed by atoms with Crippen molar-refractivity contribution < 1.29 is 24.9 Å². The van der Waals surface area contributed by atoms with Gasteiger partial charge in [0.25, 0.3) is 0 Å². The van der Waals surface area contributed by atoms with Crippen LogP contribution >= 0.6 is 0 Å². The molecule has 0 amide bonds. The molecule has 0 heterocycles. The third-order valence-corrected chi connectivity index (χ3v) is 10.1. The molecule has 5 heteroatoms. The highest BCUT2D eigenvalue weighted by molar-refractivity contribution is 5.87. The number of hydrogen-bond donors (Lipinski definition) is 3. The predicted octanol–water partition coefficient (Wildman–Crippen LogP) is 3.66. The zero-order chi connectivity index (χ0) is 21.1. The molecule has 3 N–H and O–H groups in total. The average molecular weight is 407 g/mol. The number of ketones is 1. The van der Waals surface area contributed by atoms with Crippen LogP contribution in [0.4, 0.5) is 0 Å². The fourth-order valence-corrected chi connectivity index (χ4v) is 8.41. The second-order valence-corrected chi connectivity index (χ2v) is 11.2. The minimum absolute atomic E-state index is 0.0348. The highest BCUT2D eigenvalue weighted by atomic mass is 16.4. The van der Waals surface area contributed by atoms with Gasteiger partial charge in [-0.15, -0.1) is 0 Å². The maximum atomic E-state index is 13.6. The molecule has 4 aliphatic carbocycles. The Bertz CT molecular complexity index is 676. The van der Waals surface area contributed by atoms with Gasteiger partial charge in [-0.1, -0.05) is 20.8 Å². The minimum atomic E-state index is -0.771. The van der Waals surface area contributed by atoms with E-state index in [1.54, 1.807) is 0 Å². The largest absolute Gasteiger partial charge is 0.481 e. The molecular weight excluding hydrogens is 368 g/mol. The van der Waals surface area contributed by atoms with Crippen molar-refractivity contribution in [1.82, 2.24) is 0 Å². The SMILES string of the molecule is C[C@H](CCC(=O)O)[C@H]1CCC2C3C(O)CC4CC(O)CC[C@]4(C)C3CC(=O)[C@@]21C. The van der Waals surface area contributed by atoms with Crippen LogP contribution in [0, 0.1) is 46.3 Å². The zero-order valence-electron chi connectivity index (χ0n) is 18.1. The summed E-state index contributed by atoms with van der Waals surface area (Å²) in [5, 5.41) is 30.5. The first kappa shape index (κ1) is 21.3. The van der Waals surface area contributed by atoms with Crippen LogP contribution in [0.1, 0.15) is 78.6 Å². The van der Waals surface area contributed by atoms with Crippen LogP contribution in [0.25, 0.3) is 0 Å². The van der Waals surface area contributed by atoms with E-state index >= 15 is 0 Å². The van der Waals surface area contributed by atoms with Crippen molar-refractivity contribution in [2.24, 2.45) is 46.3 Å². The van der Waals surface area contributed by atoms with E-state index < -0.39 is 17.5 Å². The second-order valence-electron chi connectivity index (χ2n) is 11.2. The van der Waals surface area contributed by atoms with Gasteiger partial charge in [-0.3, -0.25) is 9.59 Å². The molecule has 5 nitrogen and oxygen atoms in total. The minimum Gasteiger partial charge on any atom is -0.481 e. The topological polar surface area (TPSA) is 94.8 Å². The van der Waals surface area contributed by atoms with Crippen molar-refractivity contribution in [2.75, 3.05) is 0 Å². The van der Waals surface area contributed by atoms with E-state index in [0.29, 0.717) is 24.5 Å². The van der Waals surface area contributed by atoms with Crippen LogP contribution in [0.15, 0.2) is 0 Å². The molecule has 6 unspecified atom stereocenters. The van der Waals surface area contributed by atoms with Crippen molar-refractivity contribution in [1.29, 1.82) is 0 Å². The van der Waals surface area contributed by atoms with Crippen LogP contribution in [0.3, 0.4) is 0 Å². The number of aliphatic carboxylic acids is 1. The number of aliphatic hydroxyl groups excluding tert-OH is 2. The number of carboxylic acid groups (broad SMARTS) is 1. The van der Waals surface area contributed by atoms with Gasteiger partial charge in [-0.05, 0) is 85.9 Å². The molecule has 0 spiro atoms.